The van der Waals surface area contributed by atoms with E-state index in [-0.39, 0.29) is 24.2 Å². The lowest BCUT2D eigenvalue weighted by atomic mass is 9.97. The van der Waals surface area contributed by atoms with E-state index in [1.54, 1.807) is 0 Å². The van der Waals surface area contributed by atoms with Crippen molar-refractivity contribution in [2.24, 2.45) is 0 Å². The Hall–Kier alpha value is -1.55. The maximum atomic E-state index is 12.7. The largest absolute Gasteiger partial charge is 0.373 e. The number of para-hydroxylation sites is 1. The van der Waals surface area contributed by atoms with Crippen molar-refractivity contribution in [1.82, 2.24) is 4.90 Å². The van der Waals surface area contributed by atoms with Crippen LogP contribution in [0.25, 0.3) is 0 Å². The van der Waals surface area contributed by atoms with Gasteiger partial charge >= 0.3 is 0 Å². The zero-order valence-corrected chi connectivity index (χ0v) is 12.1. The number of fused-ring (bicyclic) bond motifs is 1. The molecule has 0 saturated carbocycles. The molecule has 1 fully saturated rings. The van der Waals surface area contributed by atoms with Gasteiger partial charge in [-0.05, 0) is 38.3 Å². The SMILES string of the molecule is CC1CN(C(=O)C2CCc3ccccc3N2)CC(C)O1. The summed E-state index contributed by atoms with van der Waals surface area (Å²) in [5.74, 6) is 0.210. The lowest BCUT2D eigenvalue weighted by Gasteiger charge is -2.38. The molecule has 4 nitrogen and oxygen atoms in total. The van der Waals surface area contributed by atoms with E-state index in [0.29, 0.717) is 13.1 Å². The van der Waals surface area contributed by atoms with Gasteiger partial charge in [-0.1, -0.05) is 18.2 Å². The van der Waals surface area contributed by atoms with Crippen LogP contribution in [0.15, 0.2) is 24.3 Å². The summed E-state index contributed by atoms with van der Waals surface area (Å²) in [6, 6.07) is 8.15. The molecule has 2 heterocycles. The molecule has 0 aromatic heterocycles. The third-order valence-electron chi connectivity index (χ3n) is 4.08. The number of carbonyl (C=O) groups is 1. The Morgan fingerprint density at radius 2 is 1.95 bits per heavy atom. The molecule has 0 radical (unpaired) electrons. The average molecular weight is 274 g/mol. The second kappa shape index (κ2) is 5.44. The standard InChI is InChI=1S/C16H22N2O2/c1-11-9-18(10-12(2)20-11)16(19)15-8-7-13-5-3-4-6-14(13)17-15/h3-6,11-12,15,17H,7-10H2,1-2H3. The number of amides is 1. The number of anilines is 1. The monoisotopic (exact) mass is 274 g/mol. The minimum absolute atomic E-state index is 0.0950. The summed E-state index contributed by atoms with van der Waals surface area (Å²) in [5.41, 5.74) is 2.41. The Balaban J connectivity index is 1.69. The zero-order chi connectivity index (χ0) is 14.1. The van der Waals surface area contributed by atoms with Gasteiger partial charge < -0.3 is 15.0 Å². The molecule has 1 amide bonds. The number of rotatable bonds is 1. The molecule has 2 aliphatic heterocycles. The Kier molecular flexibility index (Phi) is 3.66. The third-order valence-corrected chi connectivity index (χ3v) is 4.08. The van der Waals surface area contributed by atoms with Gasteiger partial charge in [-0.3, -0.25) is 4.79 Å². The van der Waals surface area contributed by atoms with Crippen LogP contribution in [0.4, 0.5) is 5.69 Å². The van der Waals surface area contributed by atoms with Gasteiger partial charge in [0.25, 0.3) is 0 Å². The maximum Gasteiger partial charge on any atom is 0.245 e. The van der Waals surface area contributed by atoms with Gasteiger partial charge in [0.15, 0.2) is 0 Å². The highest BCUT2D eigenvalue weighted by atomic mass is 16.5. The molecular formula is C16H22N2O2. The van der Waals surface area contributed by atoms with E-state index in [4.69, 9.17) is 4.74 Å². The predicted octanol–water partition coefficient (Wildman–Crippen LogP) is 2.05. The number of nitrogens with zero attached hydrogens (tertiary/aromatic N) is 1. The number of benzene rings is 1. The summed E-state index contributed by atoms with van der Waals surface area (Å²) in [6.07, 6.45) is 2.09. The minimum atomic E-state index is -0.0950. The van der Waals surface area contributed by atoms with Crippen molar-refractivity contribution in [1.29, 1.82) is 0 Å². The second-order valence-corrected chi connectivity index (χ2v) is 5.89. The third kappa shape index (κ3) is 2.66. The van der Waals surface area contributed by atoms with Crippen molar-refractivity contribution >= 4 is 11.6 Å². The van der Waals surface area contributed by atoms with Crippen LogP contribution in [0.5, 0.6) is 0 Å². The number of morpholine rings is 1. The van der Waals surface area contributed by atoms with Crippen LogP contribution in [0.3, 0.4) is 0 Å². The summed E-state index contributed by atoms with van der Waals surface area (Å²) in [5, 5.41) is 3.39. The van der Waals surface area contributed by atoms with Crippen LogP contribution in [0.1, 0.15) is 25.8 Å². The first-order chi connectivity index (χ1) is 9.63. The minimum Gasteiger partial charge on any atom is -0.373 e. The summed E-state index contributed by atoms with van der Waals surface area (Å²) >= 11 is 0. The van der Waals surface area contributed by atoms with Gasteiger partial charge in [0.1, 0.15) is 6.04 Å². The fourth-order valence-electron chi connectivity index (χ4n) is 3.20. The first-order valence-corrected chi connectivity index (χ1v) is 7.42. The molecular weight excluding hydrogens is 252 g/mol. The van der Waals surface area contributed by atoms with Crippen molar-refractivity contribution in [3.8, 4) is 0 Å². The summed E-state index contributed by atoms with van der Waals surface area (Å²) in [7, 11) is 0. The van der Waals surface area contributed by atoms with E-state index >= 15 is 0 Å². The van der Waals surface area contributed by atoms with Gasteiger partial charge in [-0.2, -0.15) is 0 Å². The fraction of sp³-hybridized carbons (Fsp3) is 0.562. The van der Waals surface area contributed by atoms with Crippen LogP contribution < -0.4 is 5.32 Å². The highest BCUT2D eigenvalue weighted by molar-refractivity contribution is 5.85. The Morgan fingerprint density at radius 3 is 2.70 bits per heavy atom. The first kappa shape index (κ1) is 13.4. The molecule has 0 spiro atoms. The highest BCUT2D eigenvalue weighted by Crippen LogP contribution is 2.25. The fourth-order valence-corrected chi connectivity index (χ4v) is 3.20. The molecule has 4 heteroatoms. The van der Waals surface area contributed by atoms with E-state index in [0.717, 1.165) is 18.5 Å². The van der Waals surface area contributed by atoms with Crippen molar-refractivity contribution in [2.75, 3.05) is 18.4 Å². The van der Waals surface area contributed by atoms with E-state index in [2.05, 4.69) is 17.4 Å². The number of ether oxygens (including phenoxy) is 1. The lowest BCUT2D eigenvalue weighted by molar-refractivity contribution is -0.144. The molecule has 3 rings (SSSR count). The molecule has 108 valence electrons. The molecule has 1 aromatic carbocycles. The van der Waals surface area contributed by atoms with Crippen LogP contribution in [0, 0.1) is 0 Å². The van der Waals surface area contributed by atoms with Crippen molar-refractivity contribution < 1.29 is 9.53 Å². The van der Waals surface area contributed by atoms with Gasteiger partial charge in [0.05, 0.1) is 12.2 Å². The second-order valence-electron chi connectivity index (χ2n) is 5.89. The van der Waals surface area contributed by atoms with E-state index in [9.17, 15) is 4.79 Å². The first-order valence-electron chi connectivity index (χ1n) is 7.42. The van der Waals surface area contributed by atoms with Gasteiger partial charge in [-0.15, -0.1) is 0 Å². The van der Waals surface area contributed by atoms with Crippen LogP contribution in [-0.4, -0.2) is 42.1 Å². The zero-order valence-electron chi connectivity index (χ0n) is 12.1. The average Bonchev–Trinajstić information content (AvgIpc) is 2.45. The van der Waals surface area contributed by atoms with Gasteiger partial charge in [-0.25, -0.2) is 0 Å². The number of nitrogens with one attached hydrogen (secondary N) is 1. The quantitative estimate of drug-likeness (QED) is 0.852. The number of aryl methyl sites for hydroxylation is 1. The molecule has 20 heavy (non-hydrogen) atoms. The molecule has 2 aliphatic rings. The van der Waals surface area contributed by atoms with Gasteiger partial charge in [0.2, 0.25) is 5.91 Å². The normalized spacial score (nSPS) is 29.5. The molecule has 3 unspecified atom stereocenters. The van der Waals surface area contributed by atoms with Crippen LogP contribution >= 0.6 is 0 Å². The van der Waals surface area contributed by atoms with E-state index < -0.39 is 0 Å². The molecule has 3 atom stereocenters. The molecule has 1 N–H and O–H groups in total. The molecule has 1 aromatic rings. The molecule has 0 aliphatic carbocycles. The Labute approximate surface area is 120 Å². The van der Waals surface area contributed by atoms with E-state index in [1.165, 1.54) is 5.56 Å². The topological polar surface area (TPSA) is 41.6 Å². The predicted molar refractivity (Wildman–Crippen MR) is 78.8 cm³/mol. The number of hydrogen-bond donors (Lipinski definition) is 1. The highest BCUT2D eigenvalue weighted by Gasteiger charge is 2.32. The van der Waals surface area contributed by atoms with Crippen LogP contribution in [0.2, 0.25) is 0 Å². The van der Waals surface area contributed by atoms with Crippen molar-refractivity contribution in [2.45, 2.75) is 44.9 Å². The number of hydrogen-bond acceptors (Lipinski definition) is 3. The molecule has 1 saturated heterocycles. The summed E-state index contributed by atoms with van der Waals surface area (Å²) in [4.78, 5) is 14.6. The Bertz CT molecular complexity index is 493. The molecule has 0 bridgehead atoms. The smallest absolute Gasteiger partial charge is 0.245 e. The number of carbonyl (C=O) groups excluding carboxylic acids is 1. The van der Waals surface area contributed by atoms with Crippen molar-refractivity contribution in [3.05, 3.63) is 29.8 Å². The maximum absolute atomic E-state index is 12.7. The van der Waals surface area contributed by atoms with Crippen molar-refractivity contribution in [3.63, 3.8) is 0 Å². The Morgan fingerprint density at radius 1 is 1.25 bits per heavy atom. The summed E-state index contributed by atoms with van der Waals surface area (Å²) in [6.45, 7) is 5.45. The van der Waals surface area contributed by atoms with E-state index in [1.807, 2.05) is 30.9 Å². The lowest BCUT2D eigenvalue weighted by Crippen LogP contribution is -2.53. The summed E-state index contributed by atoms with van der Waals surface area (Å²) < 4.78 is 5.70. The van der Waals surface area contributed by atoms with Crippen LogP contribution in [-0.2, 0) is 16.0 Å². The van der Waals surface area contributed by atoms with Gasteiger partial charge in [0, 0.05) is 18.8 Å².